The van der Waals surface area contributed by atoms with E-state index < -0.39 is 28.3 Å². The van der Waals surface area contributed by atoms with E-state index in [2.05, 4.69) is 13.8 Å². The fraction of sp³-hybridized carbons (Fsp3) is 0.621. The Kier molecular flexibility index (Phi) is 5.16. The second-order valence-electron chi connectivity index (χ2n) is 12.5. The Bertz CT molecular complexity index is 1250. The summed E-state index contributed by atoms with van der Waals surface area (Å²) >= 11 is 0. The zero-order valence-electron chi connectivity index (χ0n) is 21.9. The number of hydrogen-bond acceptors (Lipinski definition) is 6. The number of aliphatic hydroxyl groups is 1. The maximum atomic E-state index is 13.6. The Morgan fingerprint density at radius 1 is 1.08 bits per heavy atom. The summed E-state index contributed by atoms with van der Waals surface area (Å²) in [5.74, 6) is -2.41. The minimum absolute atomic E-state index is 0.0757. The van der Waals surface area contributed by atoms with Crippen LogP contribution >= 0.6 is 0 Å². The monoisotopic (exact) mass is 496 g/mol. The molecule has 0 unspecified atom stereocenters. The zero-order valence-corrected chi connectivity index (χ0v) is 21.9. The minimum Gasteiger partial charge on any atom is -0.504 e. The molecular weight excluding hydrogens is 460 g/mol. The predicted molar refractivity (Wildman–Crippen MR) is 132 cm³/mol. The molecule has 0 heterocycles. The number of fused-ring (bicyclic) bond motifs is 7. The van der Waals surface area contributed by atoms with Crippen LogP contribution in [0.1, 0.15) is 93.0 Å². The van der Waals surface area contributed by atoms with Crippen LogP contribution in [0.5, 0.6) is 11.5 Å². The van der Waals surface area contributed by atoms with Crippen molar-refractivity contribution >= 4 is 17.5 Å². The molecular formula is C29H36O7. The number of carbonyl (C=O) groups is 3. The number of rotatable bonds is 2. The van der Waals surface area contributed by atoms with E-state index in [9.17, 15) is 29.7 Å². The fourth-order valence-electron chi connectivity index (χ4n) is 8.71. The quantitative estimate of drug-likeness (QED) is 0.544. The maximum absolute atomic E-state index is 13.6. The van der Waals surface area contributed by atoms with Crippen LogP contribution in [0.25, 0.3) is 0 Å². The van der Waals surface area contributed by atoms with E-state index in [0.29, 0.717) is 31.2 Å². The van der Waals surface area contributed by atoms with Crippen LogP contribution in [-0.4, -0.2) is 46.1 Å². The first-order valence-electron chi connectivity index (χ1n) is 12.8. The molecule has 0 saturated heterocycles. The summed E-state index contributed by atoms with van der Waals surface area (Å²) in [6.07, 6.45) is 4.15. The number of hydrogen-bond donors (Lipinski definition) is 3. The molecule has 7 nitrogen and oxygen atoms in total. The number of benzene rings is 1. The summed E-state index contributed by atoms with van der Waals surface area (Å²) in [4.78, 5) is 38.6. The molecule has 0 aromatic heterocycles. The number of carbonyl (C=O) groups excluding carboxylic acids is 2. The van der Waals surface area contributed by atoms with Crippen LogP contribution in [0.3, 0.4) is 0 Å². The van der Waals surface area contributed by atoms with Crippen LogP contribution in [0.4, 0.5) is 0 Å². The lowest BCUT2D eigenvalue weighted by Crippen LogP contribution is -2.65. The Hall–Kier alpha value is -2.67. The average Bonchev–Trinajstić information content (AvgIpc) is 2.82. The third-order valence-corrected chi connectivity index (χ3v) is 11.1. The van der Waals surface area contributed by atoms with Gasteiger partial charge in [-0.1, -0.05) is 34.6 Å². The van der Waals surface area contributed by atoms with Crippen molar-refractivity contribution in [1.82, 2.24) is 0 Å². The molecule has 0 aliphatic heterocycles. The van der Waals surface area contributed by atoms with Crippen molar-refractivity contribution in [2.45, 2.75) is 78.2 Å². The van der Waals surface area contributed by atoms with Crippen molar-refractivity contribution in [3.63, 3.8) is 0 Å². The first-order chi connectivity index (χ1) is 16.7. The summed E-state index contributed by atoms with van der Waals surface area (Å²) in [6.45, 7) is 10.4. The van der Waals surface area contributed by atoms with E-state index in [1.807, 2.05) is 20.8 Å². The average molecular weight is 497 g/mol. The molecule has 7 atom stereocenters. The van der Waals surface area contributed by atoms with Gasteiger partial charge in [-0.05, 0) is 72.1 Å². The SMILES string of the molecule is COc1c(O)cc2c(c1C(=O)O)C(=O)C=C1[C@@]2(C)CC[C@@]2(C)[C@@H]3C[C@@H](C)C(=O)[C@@H](O)[C@]3(C)CC[C@]12C. The maximum Gasteiger partial charge on any atom is 0.340 e. The third kappa shape index (κ3) is 2.75. The second-order valence-corrected chi connectivity index (χ2v) is 12.5. The number of carboxylic acids is 1. The standard InChI is InChI=1S/C29H36O7/c1-14-11-18-27(3,24(33)22(14)32)8-10-29(5)19-13-16(30)20-15(26(19,2)7-9-28(18,29)4)12-17(31)23(36-6)21(20)25(34)35/h12-14,18,24,31,33H,7-11H2,1-6H3,(H,34,35)/t14-,18-,24-,26+,27-,28+,29-/m1/s1. The molecule has 194 valence electrons. The van der Waals surface area contributed by atoms with Crippen LogP contribution in [0, 0.1) is 28.1 Å². The van der Waals surface area contributed by atoms with Crippen LogP contribution in [-0.2, 0) is 10.2 Å². The van der Waals surface area contributed by atoms with Gasteiger partial charge in [0, 0.05) is 22.3 Å². The lowest BCUT2D eigenvalue weighted by molar-refractivity contribution is -0.190. The number of phenolic OH excluding ortho intramolecular Hbond substituents is 1. The number of Topliss-reactive ketones (excluding diaryl/α,β-unsaturated/α-hetero) is 1. The van der Waals surface area contributed by atoms with Gasteiger partial charge in [-0.2, -0.15) is 0 Å². The molecule has 4 aliphatic rings. The number of aromatic carboxylic acids is 1. The number of methoxy groups -OCH3 is 1. The number of ketones is 2. The molecule has 0 bridgehead atoms. The Labute approximate surface area is 211 Å². The number of allylic oxidation sites excluding steroid dienone is 2. The zero-order chi connectivity index (χ0) is 26.6. The highest BCUT2D eigenvalue weighted by atomic mass is 16.5. The van der Waals surface area contributed by atoms with E-state index >= 15 is 0 Å². The summed E-state index contributed by atoms with van der Waals surface area (Å²) < 4.78 is 5.19. The molecule has 1 aromatic rings. The number of aromatic hydroxyl groups is 1. The first-order valence-corrected chi connectivity index (χ1v) is 12.8. The predicted octanol–water partition coefficient (Wildman–Crippen LogP) is 4.67. The summed E-state index contributed by atoms with van der Waals surface area (Å²) in [7, 11) is 1.28. The smallest absolute Gasteiger partial charge is 0.340 e. The minimum atomic E-state index is -1.32. The van der Waals surface area contributed by atoms with Gasteiger partial charge in [0.15, 0.2) is 23.1 Å². The number of phenols is 1. The van der Waals surface area contributed by atoms with Gasteiger partial charge in [-0.3, -0.25) is 9.59 Å². The van der Waals surface area contributed by atoms with Gasteiger partial charge in [0.1, 0.15) is 11.7 Å². The second kappa shape index (κ2) is 7.44. The van der Waals surface area contributed by atoms with E-state index in [0.717, 1.165) is 12.0 Å². The molecule has 0 radical (unpaired) electrons. The molecule has 4 aliphatic carbocycles. The van der Waals surface area contributed by atoms with Crippen molar-refractivity contribution in [1.29, 1.82) is 0 Å². The van der Waals surface area contributed by atoms with E-state index in [1.54, 1.807) is 6.08 Å². The Morgan fingerprint density at radius 2 is 1.75 bits per heavy atom. The van der Waals surface area contributed by atoms with Crippen molar-refractivity contribution in [3.8, 4) is 11.5 Å². The van der Waals surface area contributed by atoms with Crippen LogP contribution < -0.4 is 4.74 Å². The van der Waals surface area contributed by atoms with Gasteiger partial charge < -0.3 is 20.1 Å². The normalized spacial score (nSPS) is 41.4. The van der Waals surface area contributed by atoms with Crippen LogP contribution in [0.2, 0.25) is 0 Å². The lowest BCUT2D eigenvalue weighted by atomic mass is 9.35. The highest BCUT2D eigenvalue weighted by Gasteiger charge is 2.68. The van der Waals surface area contributed by atoms with E-state index in [1.165, 1.54) is 13.2 Å². The molecule has 7 heteroatoms. The van der Waals surface area contributed by atoms with Gasteiger partial charge in [-0.25, -0.2) is 4.79 Å². The molecule has 3 fully saturated rings. The molecule has 3 N–H and O–H groups in total. The van der Waals surface area contributed by atoms with Crippen molar-refractivity contribution < 1.29 is 34.4 Å². The largest absolute Gasteiger partial charge is 0.504 e. The Morgan fingerprint density at radius 3 is 2.36 bits per heavy atom. The van der Waals surface area contributed by atoms with Crippen LogP contribution in [0.15, 0.2) is 17.7 Å². The number of carboxylic acid groups (broad SMARTS) is 1. The molecule has 1 aromatic carbocycles. The van der Waals surface area contributed by atoms with Gasteiger partial charge >= 0.3 is 5.97 Å². The number of aliphatic hydroxyl groups excluding tert-OH is 1. The summed E-state index contributed by atoms with van der Waals surface area (Å²) in [6, 6.07) is 1.51. The summed E-state index contributed by atoms with van der Waals surface area (Å²) in [5, 5.41) is 31.8. The van der Waals surface area contributed by atoms with E-state index in [4.69, 9.17) is 4.74 Å². The van der Waals surface area contributed by atoms with Gasteiger partial charge in [0.05, 0.1) is 7.11 Å². The van der Waals surface area contributed by atoms with Crippen molar-refractivity contribution in [2.24, 2.45) is 28.1 Å². The van der Waals surface area contributed by atoms with Crippen molar-refractivity contribution in [2.75, 3.05) is 7.11 Å². The van der Waals surface area contributed by atoms with E-state index in [-0.39, 0.29) is 51.4 Å². The molecule has 3 saturated carbocycles. The topological polar surface area (TPSA) is 121 Å². The molecule has 5 rings (SSSR count). The van der Waals surface area contributed by atoms with Gasteiger partial charge in [0.25, 0.3) is 0 Å². The van der Waals surface area contributed by atoms with Crippen molar-refractivity contribution in [3.05, 3.63) is 34.4 Å². The van der Waals surface area contributed by atoms with Gasteiger partial charge in [0.2, 0.25) is 0 Å². The highest BCUT2D eigenvalue weighted by molar-refractivity contribution is 6.15. The summed E-state index contributed by atoms with van der Waals surface area (Å²) in [5.41, 5.74) is -0.569. The molecule has 0 spiro atoms. The third-order valence-electron chi connectivity index (χ3n) is 11.1. The molecule has 0 amide bonds. The molecule has 36 heavy (non-hydrogen) atoms. The highest BCUT2D eigenvalue weighted by Crippen LogP contribution is 2.73. The first kappa shape index (κ1) is 25.0. The number of ether oxygens (including phenoxy) is 1. The van der Waals surface area contributed by atoms with Gasteiger partial charge in [-0.15, -0.1) is 0 Å². The fourth-order valence-corrected chi connectivity index (χ4v) is 8.71. The lowest BCUT2D eigenvalue weighted by Gasteiger charge is -2.69. The Balaban J connectivity index is 1.71.